The molecule has 20 heavy (non-hydrogen) atoms. The standard InChI is InChI=1S/C13H20BrN3O2S/c1-17-6-4-10(5-7-17)9-16-20(18,19)11-2-3-12(14)13(15)8-11/h2-3,8,10,16H,4-7,9,15H2,1H3. The molecule has 0 amide bonds. The second kappa shape index (κ2) is 6.43. The normalized spacial score (nSPS) is 18.3. The van der Waals surface area contributed by atoms with Crippen molar-refractivity contribution in [2.45, 2.75) is 17.7 Å². The summed E-state index contributed by atoms with van der Waals surface area (Å²) in [6.45, 7) is 2.54. The first-order valence-corrected chi connectivity index (χ1v) is 8.89. The van der Waals surface area contributed by atoms with Gasteiger partial charge in [0.2, 0.25) is 10.0 Å². The van der Waals surface area contributed by atoms with E-state index < -0.39 is 10.0 Å². The Kier molecular flexibility index (Phi) is 5.06. The first kappa shape index (κ1) is 15.8. The third-order valence-corrected chi connectivity index (χ3v) is 5.82. The third kappa shape index (κ3) is 3.94. The van der Waals surface area contributed by atoms with E-state index in [1.807, 2.05) is 0 Å². The molecule has 112 valence electrons. The van der Waals surface area contributed by atoms with Crippen LogP contribution in [0.3, 0.4) is 0 Å². The minimum atomic E-state index is -3.48. The van der Waals surface area contributed by atoms with Crippen molar-refractivity contribution < 1.29 is 8.42 Å². The minimum absolute atomic E-state index is 0.214. The lowest BCUT2D eigenvalue weighted by atomic mass is 9.98. The molecule has 1 aliphatic rings. The van der Waals surface area contributed by atoms with Gasteiger partial charge in [0, 0.05) is 16.7 Å². The highest BCUT2D eigenvalue weighted by Crippen LogP contribution is 2.23. The molecule has 1 aliphatic heterocycles. The molecule has 0 spiro atoms. The number of hydrogen-bond donors (Lipinski definition) is 2. The van der Waals surface area contributed by atoms with Crippen molar-refractivity contribution in [1.82, 2.24) is 9.62 Å². The molecule has 1 heterocycles. The number of benzene rings is 1. The highest BCUT2D eigenvalue weighted by molar-refractivity contribution is 9.10. The summed E-state index contributed by atoms with van der Waals surface area (Å²) >= 11 is 3.26. The zero-order chi connectivity index (χ0) is 14.8. The molecule has 1 aromatic carbocycles. The summed E-state index contributed by atoms with van der Waals surface area (Å²) in [5.74, 6) is 0.411. The van der Waals surface area contributed by atoms with Crippen molar-refractivity contribution in [3.8, 4) is 0 Å². The van der Waals surface area contributed by atoms with Gasteiger partial charge in [-0.05, 0) is 73.0 Å². The van der Waals surface area contributed by atoms with Crippen LogP contribution in [0.1, 0.15) is 12.8 Å². The zero-order valence-electron chi connectivity index (χ0n) is 11.5. The minimum Gasteiger partial charge on any atom is -0.398 e. The molecule has 7 heteroatoms. The Hall–Kier alpha value is -0.630. The van der Waals surface area contributed by atoms with E-state index in [4.69, 9.17) is 5.73 Å². The number of nitrogen functional groups attached to an aromatic ring is 1. The largest absolute Gasteiger partial charge is 0.398 e. The number of halogens is 1. The summed E-state index contributed by atoms with van der Waals surface area (Å²) in [5.41, 5.74) is 6.15. The monoisotopic (exact) mass is 361 g/mol. The molecular formula is C13H20BrN3O2S. The topological polar surface area (TPSA) is 75.4 Å². The Morgan fingerprint density at radius 1 is 1.40 bits per heavy atom. The van der Waals surface area contributed by atoms with Crippen molar-refractivity contribution in [3.05, 3.63) is 22.7 Å². The Balaban J connectivity index is 1.98. The van der Waals surface area contributed by atoms with Gasteiger partial charge < -0.3 is 10.6 Å². The quantitative estimate of drug-likeness (QED) is 0.799. The molecular weight excluding hydrogens is 342 g/mol. The second-order valence-corrected chi connectivity index (χ2v) is 7.90. The molecule has 0 saturated carbocycles. The van der Waals surface area contributed by atoms with Gasteiger partial charge in [-0.3, -0.25) is 0 Å². The number of piperidine rings is 1. The summed E-state index contributed by atoms with van der Waals surface area (Å²) in [4.78, 5) is 2.48. The van der Waals surface area contributed by atoms with Gasteiger partial charge in [-0.2, -0.15) is 0 Å². The van der Waals surface area contributed by atoms with Gasteiger partial charge in [0.15, 0.2) is 0 Å². The van der Waals surface area contributed by atoms with Gasteiger partial charge in [0.05, 0.1) is 4.90 Å². The van der Waals surface area contributed by atoms with Gasteiger partial charge in [0.25, 0.3) is 0 Å². The van der Waals surface area contributed by atoms with E-state index in [0.29, 0.717) is 22.6 Å². The van der Waals surface area contributed by atoms with Crippen molar-refractivity contribution in [2.24, 2.45) is 5.92 Å². The van der Waals surface area contributed by atoms with Gasteiger partial charge in [0.1, 0.15) is 0 Å². The maximum Gasteiger partial charge on any atom is 0.240 e. The van der Waals surface area contributed by atoms with E-state index >= 15 is 0 Å². The van der Waals surface area contributed by atoms with Gasteiger partial charge in [-0.15, -0.1) is 0 Å². The molecule has 0 bridgehead atoms. The molecule has 0 radical (unpaired) electrons. The van der Waals surface area contributed by atoms with Crippen molar-refractivity contribution in [3.63, 3.8) is 0 Å². The molecule has 3 N–H and O–H groups in total. The molecule has 2 rings (SSSR count). The van der Waals surface area contributed by atoms with Crippen LogP contribution in [0.5, 0.6) is 0 Å². The Morgan fingerprint density at radius 3 is 2.65 bits per heavy atom. The number of nitrogens with one attached hydrogen (secondary N) is 1. The third-order valence-electron chi connectivity index (χ3n) is 3.68. The summed E-state index contributed by atoms with van der Waals surface area (Å²) in [6, 6.07) is 4.68. The smallest absolute Gasteiger partial charge is 0.240 e. The van der Waals surface area contributed by atoms with E-state index in [-0.39, 0.29) is 4.90 Å². The van der Waals surface area contributed by atoms with E-state index in [1.165, 1.54) is 6.07 Å². The average Bonchev–Trinajstić information content (AvgIpc) is 2.41. The summed E-state index contributed by atoms with van der Waals surface area (Å²) < 4.78 is 27.8. The molecule has 1 fully saturated rings. The van der Waals surface area contributed by atoms with Crippen molar-refractivity contribution in [1.29, 1.82) is 0 Å². The summed E-state index contributed by atoms with van der Waals surface area (Å²) in [6.07, 6.45) is 2.06. The Labute approximate surface area is 128 Å². The Bertz CT molecular complexity index is 569. The number of nitrogens with zero attached hydrogens (tertiary/aromatic N) is 1. The highest BCUT2D eigenvalue weighted by atomic mass is 79.9. The predicted molar refractivity (Wildman–Crippen MR) is 84.0 cm³/mol. The van der Waals surface area contributed by atoms with Crippen LogP contribution >= 0.6 is 15.9 Å². The SMILES string of the molecule is CN1CCC(CNS(=O)(=O)c2ccc(Br)c(N)c2)CC1. The number of rotatable bonds is 4. The zero-order valence-corrected chi connectivity index (χ0v) is 13.9. The summed E-state index contributed by atoms with van der Waals surface area (Å²) in [7, 11) is -1.39. The van der Waals surface area contributed by atoms with Crippen LogP contribution in [0.25, 0.3) is 0 Å². The Morgan fingerprint density at radius 2 is 2.05 bits per heavy atom. The van der Waals surface area contributed by atoms with Gasteiger partial charge >= 0.3 is 0 Å². The van der Waals surface area contributed by atoms with E-state index in [9.17, 15) is 8.42 Å². The van der Waals surface area contributed by atoms with Crippen LogP contribution < -0.4 is 10.5 Å². The van der Waals surface area contributed by atoms with Crippen LogP contribution in [0.4, 0.5) is 5.69 Å². The number of nitrogens with two attached hydrogens (primary N) is 1. The lowest BCUT2D eigenvalue weighted by Gasteiger charge is -2.28. The molecule has 0 aliphatic carbocycles. The number of anilines is 1. The predicted octanol–water partition coefficient (Wildman–Crippen LogP) is 1.65. The fourth-order valence-electron chi connectivity index (χ4n) is 2.27. The maximum atomic E-state index is 12.2. The molecule has 1 saturated heterocycles. The van der Waals surface area contributed by atoms with Gasteiger partial charge in [-0.1, -0.05) is 0 Å². The molecule has 0 atom stereocenters. The number of likely N-dealkylation sites (tertiary alicyclic amines) is 1. The first-order valence-electron chi connectivity index (χ1n) is 6.62. The lowest BCUT2D eigenvalue weighted by molar-refractivity contribution is 0.220. The number of hydrogen-bond acceptors (Lipinski definition) is 4. The van der Waals surface area contributed by atoms with E-state index in [1.54, 1.807) is 12.1 Å². The van der Waals surface area contributed by atoms with E-state index in [0.717, 1.165) is 25.9 Å². The average molecular weight is 362 g/mol. The van der Waals surface area contributed by atoms with Crippen LogP contribution in [-0.2, 0) is 10.0 Å². The molecule has 1 aromatic rings. The van der Waals surface area contributed by atoms with Crippen molar-refractivity contribution in [2.75, 3.05) is 32.4 Å². The maximum absolute atomic E-state index is 12.2. The molecule has 0 aromatic heterocycles. The van der Waals surface area contributed by atoms with Gasteiger partial charge in [-0.25, -0.2) is 13.1 Å². The molecule has 0 unspecified atom stereocenters. The fourth-order valence-corrected chi connectivity index (χ4v) is 3.66. The number of sulfonamides is 1. The lowest BCUT2D eigenvalue weighted by Crippen LogP contribution is -2.36. The highest BCUT2D eigenvalue weighted by Gasteiger charge is 2.20. The van der Waals surface area contributed by atoms with Crippen LogP contribution in [-0.4, -0.2) is 40.0 Å². The molecule has 5 nitrogen and oxygen atoms in total. The second-order valence-electron chi connectivity index (χ2n) is 5.28. The fraction of sp³-hybridized carbons (Fsp3) is 0.538. The summed E-state index contributed by atoms with van der Waals surface area (Å²) in [5, 5.41) is 0. The van der Waals surface area contributed by atoms with Crippen LogP contribution in [0.2, 0.25) is 0 Å². The first-order chi connectivity index (χ1) is 9.38. The van der Waals surface area contributed by atoms with Crippen molar-refractivity contribution >= 4 is 31.6 Å². The van der Waals surface area contributed by atoms with Crippen LogP contribution in [0.15, 0.2) is 27.6 Å². The van der Waals surface area contributed by atoms with Crippen LogP contribution in [0, 0.1) is 5.92 Å². The van der Waals surface area contributed by atoms with E-state index in [2.05, 4.69) is 32.6 Å².